The van der Waals surface area contributed by atoms with Crippen molar-refractivity contribution >= 4 is 0 Å². The molecule has 0 aromatic heterocycles. The number of rotatable bonds is 1. The van der Waals surface area contributed by atoms with Crippen LogP contribution in [0.4, 0.5) is 0 Å². The summed E-state index contributed by atoms with van der Waals surface area (Å²) in [5, 5.41) is 0. The molecule has 3 nitrogen and oxygen atoms in total. The molecular formula is C17H34N2O. The number of nitrogens with zero attached hydrogens (tertiary/aromatic N) is 2. The Morgan fingerprint density at radius 2 is 1.60 bits per heavy atom. The van der Waals surface area contributed by atoms with Crippen molar-refractivity contribution in [2.24, 2.45) is 10.8 Å². The van der Waals surface area contributed by atoms with Crippen molar-refractivity contribution in [1.29, 1.82) is 0 Å². The average Bonchev–Trinajstić information content (AvgIpc) is 2.26. The Morgan fingerprint density at radius 3 is 2.10 bits per heavy atom. The molecule has 0 aromatic carbocycles. The molecule has 2 aliphatic rings. The third kappa shape index (κ3) is 4.19. The van der Waals surface area contributed by atoms with E-state index in [1.165, 1.54) is 32.5 Å². The van der Waals surface area contributed by atoms with Crippen molar-refractivity contribution in [3.63, 3.8) is 0 Å². The van der Waals surface area contributed by atoms with E-state index in [1.54, 1.807) is 0 Å². The molecule has 0 bridgehead atoms. The van der Waals surface area contributed by atoms with E-state index in [9.17, 15) is 0 Å². The van der Waals surface area contributed by atoms with Gasteiger partial charge in [0, 0.05) is 24.0 Å². The van der Waals surface area contributed by atoms with E-state index < -0.39 is 0 Å². The zero-order valence-corrected chi connectivity index (χ0v) is 14.5. The van der Waals surface area contributed by atoms with Crippen LogP contribution in [0.2, 0.25) is 0 Å². The van der Waals surface area contributed by atoms with Gasteiger partial charge in [-0.2, -0.15) is 0 Å². The molecule has 20 heavy (non-hydrogen) atoms. The first-order chi connectivity index (χ1) is 9.10. The standard InChI is InChI=1S/C17H34N2O/c1-15(2,3)11-18-12-17(13-20-14-18)7-9-19(10-8-17)16(4,5)6/h7-14H2,1-6H3. The van der Waals surface area contributed by atoms with Gasteiger partial charge in [-0.25, -0.2) is 0 Å². The molecule has 2 fully saturated rings. The van der Waals surface area contributed by atoms with Crippen molar-refractivity contribution in [1.82, 2.24) is 9.80 Å². The molecule has 2 heterocycles. The van der Waals surface area contributed by atoms with Gasteiger partial charge in [0.05, 0.1) is 13.3 Å². The van der Waals surface area contributed by atoms with E-state index in [4.69, 9.17) is 4.74 Å². The highest BCUT2D eigenvalue weighted by Crippen LogP contribution is 2.37. The molecule has 0 N–H and O–H groups in total. The molecule has 118 valence electrons. The van der Waals surface area contributed by atoms with Gasteiger partial charge < -0.3 is 4.74 Å². The fourth-order valence-electron chi connectivity index (χ4n) is 3.68. The molecule has 0 aliphatic carbocycles. The van der Waals surface area contributed by atoms with Crippen molar-refractivity contribution in [2.75, 3.05) is 39.5 Å². The summed E-state index contributed by atoms with van der Waals surface area (Å²) in [4.78, 5) is 5.15. The molecule has 2 rings (SSSR count). The summed E-state index contributed by atoms with van der Waals surface area (Å²) >= 11 is 0. The highest BCUT2D eigenvalue weighted by atomic mass is 16.5. The minimum Gasteiger partial charge on any atom is -0.365 e. The van der Waals surface area contributed by atoms with Gasteiger partial charge in [-0.3, -0.25) is 9.80 Å². The number of likely N-dealkylation sites (tertiary alicyclic amines) is 1. The Kier molecular flexibility index (Phi) is 4.54. The van der Waals surface area contributed by atoms with E-state index in [-0.39, 0.29) is 0 Å². The van der Waals surface area contributed by atoms with Crippen LogP contribution in [0.25, 0.3) is 0 Å². The molecule has 3 heteroatoms. The van der Waals surface area contributed by atoms with Gasteiger partial charge in [-0.15, -0.1) is 0 Å². The van der Waals surface area contributed by atoms with Crippen LogP contribution in [0, 0.1) is 10.8 Å². The van der Waals surface area contributed by atoms with Gasteiger partial charge in [0.15, 0.2) is 0 Å². The SMILES string of the molecule is CC(C)(C)CN1COCC2(CCN(C(C)(C)C)CC2)C1. The number of hydrogen-bond acceptors (Lipinski definition) is 3. The predicted molar refractivity (Wildman–Crippen MR) is 84.8 cm³/mol. The van der Waals surface area contributed by atoms with E-state index in [0.29, 0.717) is 16.4 Å². The Morgan fingerprint density at radius 1 is 1.00 bits per heavy atom. The highest BCUT2D eigenvalue weighted by Gasteiger charge is 2.41. The second-order valence-corrected chi connectivity index (χ2v) is 9.18. The maximum atomic E-state index is 5.95. The summed E-state index contributed by atoms with van der Waals surface area (Å²) < 4.78 is 5.95. The van der Waals surface area contributed by atoms with E-state index in [2.05, 4.69) is 51.3 Å². The first kappa shape index (κ1) is 16.3. The van der Waals surface area contributed by atoms with Crippen LogP contribution in [-0.2, 0) is 4.74 Å². The van der Waals surface area contributed by atoms with E-state index >= 15 is 0 Å². The largest absolute Gasteiger partial charge is 0.365 e. The second kappa shape index (κ2) is 5.58. The summed E-state index contributed by atoms with van der Waals surface area (Å²) in [6.07, 6.45) is 2.57. The lowest BCUT2D eigenvalue weighted by molar-refractivity contribution is -0.123. The second-order valence-electron chi connectivity index (χ2n) is 9.18. The smallest absolute Gasteiger partial charge is 0.0990 e. The molecule has 0 unspecified atom stereocenters. The van der Waals surface area contributed by atoms with Crippen LogP contribution in [-0.4, -0.2) is 54.9 Å². The Hall–Kier alpha value is -0.120. The quantitative estimate of drug-likeness (QED) is 0.734. The Balaban J connectivity index is 1.92. The monoisotopic (exact) mass is 282 g/mol. The van der Waals surface area contributed by atoms with Crippen molar-refractivity contribution in [3.05, 3.63) is 0 Å². The molecular weight excluding hydrogens is 248 g/mol. The maximum Gasteiger partial charge on any atom is 0.0990 e. The lowest BCUT2D eigenvalue weighted by Gasteiger charge is -2.50. The summed E-state index contributed by atoms with van der Waals surface area (Å²) in [6, 6.07) is 0. The summed E-state index contributed by atoms with van der Waals surface area (Å²) in [6.45, 7) is 20.5. The molecule has 2 aliphatic heterocycles. The molecule has 0 radical (unpaired) electrons. The van der Waals surface area contributed by atoms with E-state index in [0.717, 1.165) is 19.9 Å². The fourth-order valence-corrected chi connectivity index (χ4v) is 3.68. The zero-order chi connectivity index (χ0) is 15.0. The maximum absolute atomic E-state index is 5.95. The fraction of sp³-hybridized carbons (Fsp3) is 1.00. The van der Waals surface area contributed by atoms with Crippen molar-refractivity contribution in [3.8, 4) is 0 Å². The van der Waals surface area contributed by atoms with Gasteiger partial charge in [-0.1, -0.05) is 20.8 Å². The lowest BCUT2D eigenvalue weighted by Crippen LogP contribution is -2.56. The molecule has 1 spiro atoms. The summed E-state index contributed by atoms with van der Waals surface area (Å²) in [7, 11) is 0. The highest BCUT2D eigenvalue weighted by molar-refractivity contribution is 4.93. The molecule has 2 saturated heterocycles. The third-order valence-electron chi connectivity index (χ3n) is 4.71. The van der Waals surface area contributed by atoms with Crippen LogP contribution in [0.1, 0.15) is 54.4 Å². The Labute approximate surface area is 125 Å². The van der Waals surface area contributed by atoms with Crippen LogP contribution < -0.4 is 0 Å². The number of ether oxygens (including phenoxy) is 1. The summed E-state index contributed by atoms with van der Waals surface area (Å²) in [5.74, 6) is 0. The Bertz CT molecular complexity index is 319. The van der Waals surface area contributed by atoms with Gasteiger partial charge in [0.25, 0.3) is 0 Å². The first-order valence-corrected chi connectivity index (χ1v) is 8.15. The third-order valence-corrected chi connectivity index (χ3v) is 4.71. The molecule has 0 atom stereocenters. The lowest BCUT2D eigenvalue weighted by atomic mass is 9.76. The van der Waals surface area contributed by atoms with Crippen LogP contribution in [0.5, 0.6) is 0 Å². The van der Waals surface area contributed by atoms with Crippen molar-refractivity contribution in [2.45, 2.75) is 59.9 Å². The minimum absolute atomic E-state index is 0.308. The van der Waals surface area contributed by atoms with Gasteiger partial charge in [0.1, 0.15) is 0 Å². The summed E-state index contributed by atoms with van der Waals surface area (Å²) in [5.41, 5.74) is 1.07. The number of hydrogen-bond donors (Lipinski definition) is 0. The van der Waals surface area contributed by atoms with Gasteiger partial charge in [-0.05, 0) is 52.1 Å². The first-order valence-electron chi connectivity index (χ1n) is 8.15. The topological polar surface area (TPSA) is 15.7 Å². The average molecular weight is 282 g/mol. The normalized spacial score (nSPS) is 26.1. The predicted octanol–water partition coefficient (Wildman–Crippen LogP) is 3.20. The minimum atomic E-state index is 0.308. The van der Waals surface area contributed by atoms with Crippen LogP contribution in [0.3, 0.4) is 0 Å². The van der Waals surface area contributed by atoms with Crippen LogP contribution in [0.15, 0.2) is 0 Å². The zero-order valence-electron chi connectivity index (χ0n) is 14.5. The molecule has 0 amide bonds. The molecule has 0 saturated carbocycles. The van der Waals surface area contributed by atoms with Gasteiger partial charge >= 0.3 is 0 Å². The van der Waals surface area contributed by atoms with Crippen molar-refractivity contribution < 1.29 is 4.74 Å². The molecule has 0 aromatic rings. The van der Waals surface area contributed by atoms with Crippen LogP contribution >= 0.6 is 0 Å². The van der Waals surface area contributed by atoms with E-state index in [1.807, 2.05) is 0 Å². The van der Waals surface area contributed by atoms with Gasteiger partial charge in [0.2, 0.25) is 0 Å². The number of piperidine rings is 1.